The molecule has 6 heteroatoms. The quantitative estimate of drug-likeness (QED) is 0.659. The van der Waals surface area contributed by atoms with Crippen LogP contribution in [0.4, 0.5) is 5.69 Å². The van der Waals surface area contributed by atoms with Crippen LogP contribution in [0.15, 0.2) is 16.6 Å². The van der Waals surface area contributed by atoms with E-state index in [2.05, 4.69) is 31.9 Å². The minimum absolute atomic E-state index is 0.0618. The zero-order valence-corrected chi connectivity index (χ0v) is 12.7. The van der Waals surface area contributed by atoms with Crippen LogP contribution in [-0.4, -0.2) is 17.3 Å². The summed E-state index contributed by atoms with van der Waals surface area (Å²) in [5, 5.41) is 1.02. The van der Waals surface area contributed by atoms with Gasteiger partial charge in [0.25, 0.3) is 0 Å². The first kappa shape index (κ1) is 12.7. The van der Waals surface area contributed by atoms with Crippen LogP contribution in [0, 0.1) is 0 Å². The third-order valence-corrected chi connectivity index (χ3v) is 4.05. The van der Waals surface area contributed by atoms with Gasteiger partial charge in [-0.1, -0.05) is 39.1 Å². The summed E-state index contributed by atoms with van der Waals surface area (Å²) in [4.78, 5) is 13.6. The van der Waals surface area contributed by atoms with Crippen LogP contribution < -0.4 is 4.90 Å². The highest BCUT2D eigenvalue weighted by molar-refractivity contribution is 9.10. The summed E-state index contributed by atoms with van der Waals surface area (Å²) >= 11 is 18.8. The number of benzene rings is 1. The lowest BCUT2D eigenvalue weighted by molar-refractivity contribution is -0.117. The van der Waals surface area contributed by atoms with E-state index < -0.39 is 0 Å². The summed E-state index contributed by atoms with van der Waals surface area (Å²) < 4.78 is 0.736. The van der Waals surface area contributed by atoms with Crippen molar-refractivity contribution >= 4 is 66.7 Å². The second-order valence-corrected chi connectivity index (χ2v) is 6.52. The van der Waals surface area contributed by atoms with E-state index in [4.69, 9.17) is 23.2 Å². The Morgan fingerprint density at radius 3 is 2.56 bits per heavy atom. The lowest BCUT2D eigenvalue weighted by atomic mass is 10.3. The van der Waals surface area contributed by atoms with Gasteiger partial charge >= 0.3 is 0 Å². The second kappa shape index (κ2) is 4.84. The maximum Gasteiger partial charge on any atom is 0.228 e. The average molecular weight is 388 g/mol. The monoisotopic (exact) mass is 385 g/mol. The Bertz CT molecular complexity index is 429. The number of alkyl halides is 1. The van der Waals surface area contributed by atoms with Crippen molar-refractivity contribution in [2.24, 2.45) is 0 Å². The van der Waals surface area contributed by atoms with Crippen LogP contribution in [0.5, 0.6) is 0 Å². The van der Waals surface area contributed by atoms with E-state index in [9.17, 15) is 4.79 Å². The Balaban J connectivity index is 2.44. The van der Waals surface area contributed by atoms with Gasteiger partial charge in [0.15, 0.2) is 0 Å². The van der Waals surface area contributed by atoms with E-state index in [1.54, 1.807) is 17.0 Å². The van der Waals surface area contributed by atoms with Crippen LogP contribution in [0.25, 0.3) is 0 Å². The first-order valence-corrected chi connectivity index (χ1v) is 7.04. The van der Waals surface area contributed by atoms with Gasteiger partial charge in [-0.15, -0.1) is 0 Å². The maximum absolute atomic E-state index is 11.8. The number of halogens is 4. The minimum Gasteiger partial charge on any atom is -0.309 e. The molecule has 1 aromatic carbocycles. The number of amides is 1. The largest absolute Gasteiger partial charge is 0.309 e. The first-order chi connectivity index (χ1) is 7.49. The molecule has 1 heterocycles. The van der Waals surface area contributed by atoms with E-state index in [0.717, 1.165) is 4.47 Å². The zero-order valence-electron chi connectivity index (χ0n) is 8.01. The van der Waals surface area contributed by atoms with E-state index in [0.29, 0.717) is 28.7 Å². The molecule has 1 aliphatic heterocycles. The van der Waals surface area contributed by atoms with Gasteiger partial charge in [-0.3, -0.25) is 4.79 Å². The molecule has 0 bridgehead atoms. The third-order valence-electron chi connectivity index (χ3n) is 2.33. The molecular formula is C10H7Br2Cl2NO. The molecule has 0 N–H and O–H groups in total. The Kier molecular flexibility index (Phi) is 3.84. The lowest BCUT2D eigenvalue weighted by Crippen LogP contribution is -2.25. The predicted octanol–water partition coefficient (Wildman–Crippen LogP) is 4.26. The van der Waals surface area contributed by atoms with Crippen molar-refractivity contribution in [2.75, 3.05) is 11.4 Å². The lowest BCUT2D eigenvalue weighted by Gasteiger charge is -2.19. The highest BCUT2D eigenvalue weighted by atomic mass is 79.9. The number of anilines is 1. The molecule has 2 rings (SSSR count). The fourth-order valence-electron chi connectivity index (χ4n) is 1.67. The van der Waals surface area contributed by atoms with Crippen molar-refractivity contribution < 1.29 is 4.79 Å². The summed E-state index contributed by atoms with van der Waals surface area (Å²) in [6, 6.07) is 3.37. The normalized spacial score (nSPS) is 20.6. The van der Waals surface area contributed by atoms with Gasteiger partial charge in [-0.2, -0.15) is 0 Å². The standard InChI is InChI=1S/C10H7Br2Cl2NO/c11-5-1-9(16)15(4-5)10-7(12)2-6(13)3-8(10)14/h2-3,5H,1,4H2. The van der Waals surface area contributed by atoms with Gasteiger partial charge in [-0.05, 0) is 28.1 Å². The molecule has 1 amide bonds. The van der Waals surface area contributed by atoms with Crippen molar-refractivity contribution in [1.29, 1.82) is 0 Å². The molecular weight excluding hydrogens is 381 g/mol. The Hall–Kier alpha value is 0.230. The smallest absolute Gasteiger partial charge is 0.228 e. The van der Waals surface area contributed by atoms with Crippen LogP contribution >= 0.6 is 55.1 Å². The molecule has 2 nitrogen and oxygen atoms in total. The van der Waals surface area contributed by atoms with Crippen molar-refractivity contribution in [3.63, 3.8) is 0 Å². The SMILES string of the molecule is O=C1CC(Br)CN1c1c(Cl)cc(Cl)cc1Br. The zero-order chi connectivity index (χ0) is 11.9. The summed E-state index contributed by atoms with van der Waals surface area (Å²) in [6.07, 6.45) is 0.491. The second-order valence-electron chi connectivity index (χ2n) is 3.52. The molecule has 0 aromatic heterocycles. The van der Waals surface area contributed by atoms with Gasteiger partial charge < -0.3 is 4.90 Å². The molecule has 0 saturated carbocycles. The van der Waals surface area contributed by atoms with Crippen LogP contribution in [0.3, 0.4) is 0 Å². The highest BCUT2D eigenvalue weighted by Gasteiger charge is 2.31. The average Bonchev–Trinajstić information content (AvgIpc) is 2.43. The number of carbonyl (C=O) groups excluding carboxylic acids is 1. The Labute approximate surface area is 120 Å². The molecule has 1 aliphatic rings. The molecule has 0 aliphatic carbocycles. The minimum atomic E-state index is 0.0618. The van der Waals surface area contributed by atoms with Crippen molar-refractivity contribution in [2.45, 2.75) is 11.2 Å². The Morgan fingerprint density at radius 1 is 1.38 bits per heavy atom. The van der Waals surface area contributed by atoms with Crippen LogP contribution in [0.1, 0.15) is 6.42 Å². The predicted molar refractivity (Wildman–Crippen MR) is 73.8 cm³/mol. The van der Waals surface area contributed by atoms with E-state index in [-0.39, 0.29) is 10.7 Å². The summed E-state index contributed by atoms with van der Waals surface area (Å²) in [7, 11) is 0. The molecule has 0 spiro atoms. The van der Waals surface area contributed by atoms with Gasteiger partial charge in [0.05, 0.1) is 10.7 Å². The fourth-order valence-corrected chi connectivity index (χ4v) is 3.75. The first-order valence-electron chi connectivity index (χ1n) is 4.58. The van der Waals surface area contributed by atoms with E-state index in [1.165, 1.54) is 0 Å². The Morgan fingerprint density at radius 2 is 2.06 bits per heavy atom. The molecule has 1 unspecified atom stereocenters. The molecule has 1 fully saturated rings. The van der Waals surface area contributed by atoms with Crippen molar-refractivity contribution in [1.82, 2.24) is 0 Å². The van der Waals surface area contributed by atoms with Gasteiger partial charge in [0.1, 0.15) is 0 Å². The van der Waals surface area contributed by atoms with E-state index >= 15 is 0 Å². The van der Waals surface area contributed by atoms with Crippen molar-refractivity contribution in [3.05, 3.63) is 26.7 Å². The number of nitrogens with zero attached hydrogens (tertiary/aromatic N) is 1. The maximum atomic E-state index is 11.8. The molecule has 0 radical (unpaired) electrons. The van der Waals surface area contributed by atoms with Crippen LogP contribution in [-0.2, 0) is 4.79 Å². The number of carbonyl (C=O) groups is 1. The topological polar surface area (TPSA) is 20.3 Å². The molecule has 1 aromatic rings. The van der Waals surface area contributed by atoms with E-state index in [1.807, 2.05) is 0 Å². The summed E-state index contributed by atoms with van der Waals surface area (Å²) in [6.45, 7) is 0.624. The third kappa shape index (κ3) is 2.40. The number of hydrogen-bond donors (Lipinski definition) is 0. The molecule has 16 heavy (non-hydrogen) atoms. The van der Waals surface area contributed by atoms with Gasteiger partial charge in [0, 0.05) is 27.3 Å². The number of rotatable bonds is 1. The van der Waals surface area contributed by atoms with Gasteiger partial charge in [0.2, 0.25) is 5.91 Å². The molecule has 86 valence electrons. The highest BCUT2D eigenvalue weighted by Crippen LogP contribution is 2.39. The van der Waals surface area contributed by atoms with Gasteiger partial charge in [-0.25, -0.2) is 0 Å². The fraction of sp³-hybridized carbons (Fsp3) is 0.300. The van der Waals surface area contributed by atoms with Crippen LogP contribution in [0.2, 0.25) is 10.0 Å². The molecule has 1 saturated heterocycles. The van der Waals surface area contributed by atoms with Crippen molar-refractivity contribution in [3.8, 4) is 0 Å². The molecule has 1 atom stereocenters. The number of hydrogen-bond acceptors (Lipinski definition) is 1. The summed E-state index contributed by atoms with van der Waals surface area (Å²) in [5.41, 5.74) is 0.693. The summed E-state index contributed by atoms with van der Waals surface area (Å²) in [5.74, 6) is 0.0618.